The summed E-state index contributed by atoms with van der Waals surface area (Å²) in [5, 5.41) is 0.381. The molecule has 1 saturated heterocycles. The van der Waals surface area contributed by atoms with E-state index < -0.39 is 5.41 Å². The van der Waals surface area contributed by atoms with Crippen molar-refractivity contribution in [3.8, 4) is 5.75 Å². The average Bonchev–Trinajstić information content (AvgIpc) is 2.48. The number of halogens is 2. The molecule has 1 atom stereocenters. The van der Waals surface area contributed by atoms with E-state index in [0.717, 1.165) is 17.3 Å². The Bertz CT molecular complexity index is 612. The number of likely N-dealkylation sites (tertiary alicyclic amines) is 1. The van der Waals surface area contributed by atoms with E-state index in [2.05, 4.69) is 15.9 Å². The molecule has 0 saturated carbocycles. The van der Waals surface area contributed by atoms with Crippen molar-refractivity contribution in [1.82, 2.24) is 4.90 Å². The summed E-state index contributed by atoms with van der Waals surface area (Å²) < 4.78 is 6.24. The molecule has 1 aliphatic rings. The van der Waals surface area contributed by atoms with Crippen molar-refractivity contribution < 1.29 is 14.3 Å². The number of amides is 1. The number of benzene rings is 1. The summed E-state index contributed by atoms with van der Waals surface area (Å²) in [6, 6.07) is 5.11. The Morgan fingerprint density at radius 2 is 2.04 bits per heavy atom. The third-order valence-electron chi connectivity index (χ3n) is 3.79. The number of carbonyl (C=O) groups excluding carboxylic acids is 2. The van der Waals surface area contributed by atoms with E-state index in [-0.39, 0.29) is 17.8 Å². The third kappa shape index (κ3) is 4.70. The van der Waals surface area contributed by atoms with Crippen molar-refractivity contribution in [3.63, 3.8) is 0 Å². The van der Waals surface area contributed by atoms with Gasteiger partial charge in [0.2, 0.25) is 5.91 Å². The van der Waals surface area contributed by atoms with Crippen LogP contribution >= 0.6 is 27.5 Å². The molecule has 1 amide bonds. The number of piperidine rings is 1. The average molecular weight is 403 g/mol. The fraction of sp³-hybridized carbons (Fsp3) is 0.529. The highest BCUT2D eigenvalue weighted by molar-refractivity contribution is 9.10. The Hall–Kier alpha value is -1.07. The first-order valence-corrected chi connectivity index (χ1v) is 8.81. The van der Waals surface area contributed by atoms with Gasteiger partial charge < -0.3 is 9.64 Å². The SMILES string of the molecule is CC(C)(C)C(=O)N1CCCC(C(=O)Oc2ccc(Br)cc2Cl)C1. The highest BCUT2D eigenvalue weighted by Crippen LogP contribution is 2.30. The van der Waals surface area contributed by atoms with Gasteiger partial charge >= 0.3 is 5.97 Å². The molecule has 0 radical (unpaired) electrons. The standard InChI is InChI=1S/C17H21BrClNO3/c1-17(2,3)16(22)20-8-4-5-11(10-20)15(21)23-14-7-6-12(18)9-13(14)19/h6-7,9,11H,4-5,8,10H2,1-3H3. The van der Waals surface area contributed by atoms with Crippen LogP contribution in [-0.2, 0) is 9.59 Å². The van der Waals surface area contributed by atoms with Gasteiger partial charge in [-0.15, -0.1) is 0 Å². The van der Waals surface area contributed by atoms with Gasteiger partial charge in [0.15, 0.2) is 0 Å². The number of rotatable bonds is 2. The number of esters is 1. The second kappa shape index (κ2) is 7.22. The number of nitrogens with zero attached hydrogens (tertiary/aromatic N) is 1. The molecule has 1 aromatic rings. The first-order valence-electron chi connectivity index (χ1n) is 7.64. The van der Waals surface area contributed by atoms with Crippen LogP contribution in [0.3, 0.4) is 0 Å². The maximum absolute atomic E-state index is 12.4. The summed E-state index contributed by atoms with van der Waals surface area (Å²) in [7, 11) is 0. The zero-order chi connectivity index (χ0) is 17.2. The van der Waals surface area contributed by atoms with Crippen LogP contribution in [0.15, 0.2) is 22.7 Å². The van der Waals surface area contributed by atoms with Crippen LogP contribution in [-0.4, -0.2) is 29.9 Å². The minimum absolute atomic E-state index is 0.0664. The predicted octanol–water partition coefficient (Wildman–Crippen LogP) is 4.29. The maximum atomic E-state index is 12.4. The summed E-state index contributed by atoms with van der Waals surface area (Å²) in [6.45, 7) is 6.76. The first kappa shape index (κ1) is 18.3. The van der Waals surface area contributed by atoms with Crippen LogP contribution in [0.5, 0.6) is 5.75 Å². The van der Waals surface area contributed by atoms with Crippen molar-refractivity contribution in [1.29, 1.82) is 0 Å². The summed E-state index contributed by atoms with van der Waals surface area (Å²) in [6.07, 6.45) is 1.52. The third-order valence-corrected chi connectivity index (χ3v) is 4.58. The number of ether oxygens (including phenoxy) is 1. The molecule has 1 heterocycles. The quantitative estimate of drug-likeness (QED) is 0.547. The van der Waals surface area contributed by atoms with Gasteiger partial charge in [-0.3, -0.25) is 9.59 Å². The largest absolute Gasteiger partial charge is 0.425 e. The number of carbonyl (C=O) groups is 2. The molecular formula is C17H21BrClNO3. The van der Waals surface area contributed by atoms with Crippen LogP contribution in [0.25, 0.3) is 0 Å². The molecule has 126 valence electrons. The van der Waals surface area contributed by atoms with Gasteiger partial charge in [0.05, 0.1) is 10.9 Å². The Morgan fingerprint density at radius 3 is 2.65 bits per heavy atom. The van der Waals surface area contributed by atoms with E-state index in [4.69, 9.17) is 16.3 Å². The lowest BCUT2D eigenvalue weighted by Crippen LogP contribution is -2.47. The second-order valence-electron chi connectivity index (χ2n) is 6.84. The Labute approximate surface area is 150 Å². The van der Waals surface area contributed by atoms with E-state index in [1.165, 1.54) is 0 Å². The molecule has 1 aliphatic heterocycles. The van der Waals surface area contributed by atoms with Crippen LogP contribution < -0.4 is 4.74 Å². The van der Waals surface area contributed by atoms with E-state index in [9.17, 15) is 9.59 Å². The molecule has 1 aromatic carbocycles. The van der Waals surface area contributed by atoms with Crippen LogP contribution in [0.2, 0.25) is 5.02 Å². The second-order valence-corrected chi connectivity index (χ2v) is 8.16. The number of hydrogen-bond donors (Lipinski definition) is 0. The molecule has 0 bridgehead atoms. The first-order chi connectivity index (χ1) is 10.7. The molecule has 2 rings (SSSR count). The smallest absolute Gasteiger partial charge is 0.316 e. The molecule has 0 aliphatic carbocycles. The van der Waals surface area contributed by atoms with E-state index >= 15 is 0 Å². The summed E-state index contributed by atoms with van der Waals surface area (Å²) >= 11 is 9.39. The van der Waals surface area contributed by atoms with Crippen LogP contribution in [0.1, 0.15) is 33.6 Å². The predicted molar refractivity (Wildman–Crippen MR) is 93.5 cm³/mol. The Morgan fingerprint density at radius 1 is 1.35 bits per heavy atom. The molecule has 6 heteroatoms. The fourth-order valence-electron chi connectivity index (χ4n) is 2.58. The molecule has 23 heavy (non-hydrogen) atoms. The van der Waals surface area contributed by atoms with E-state index in [1.807, 2.05) is 20.8 Å². The number of hydrogen-bond acceptors (Lipinski definition) is 3. The molecule has 0 spiro atoms. The lowest BCUT2D eigenvalue weighted by Gasteiger charge is -2.35. The topological polar surface area (TPSA) is 46.6 Å². The summed E-state index contributed by atoms with van der Waals surface area (Å²) in [5.74, 6) is -0.230. The molecule has 0 aromatic heterocycles. The summed E-state index contributed by atoms with van der Waals surface area (Å²) in [5.41, 5.74) is -0.444. The molecule has 0 N–H and O–H groups in total. The van der Waals surface area contributed by atoms with E-state index in [1.54, 1.807) is 23.1 Å². The van der Waals surface area contributed by atoms with Crippen molar-refractivity contribution >= 4 is 39.4 Å². The minimum Gasteiger partial charge on any atom is -0.425 e. The lowest BCUT2D eigenvalue weighted by atomic mass is 9.91. The lowest BCUT2D eigenvalue weighted by molar-refractivity contribution is -0.146. The van der Waals surface area contributed by atoms with Gasteiger partial charge in [-0.1, -0.05) is 48.3 Å². The Kier molecular flexibility index (Phi) is 5.74. The molecular weight excluding hydrogens is 382 g/mol. The van der Waals surface area contributed by atoms with Gasteiger partial charge in [0.25, 0.3) is 0 Å². The van der Waals surface area contributed by atoms with Gasteiger partial charge in [-0.25, -0.2) is 0 Å². The van der Waals surface area contributed by atoms with Gasteiger partial charge in [-0.2, -0.15) is 0 Å². The molecule has 4 nitrogen and oxygen atoms in total. The Balaban J connectivity index is 2.03. The van der Waals surface area contributed by atoms with Crippen molar-refractivity contribution in [2.24, 2.45) is 11.3 Å². The van der Waals surface area contributed by atoms with Crippen molar-refractivity contribution in [2.75, 3.05) is 13.1 Å². The minimum atomic E-state index is -0.444. The highest BCUT2D eigenvalue weighted by atomic mass is 79.9. The van der Waals surface area contributed by atoms with Gasteiger partial charge in [0, 0.05) is 23.0 Å². The maximum Gasteiger partial charge on any atom is 0.316 e. The zero-order valence-corrected chi connectivity index (χ0v) is 15.9. The monoisotopic (exact) mass is 401 g/mol. The summed E-state index contributed by atoms with van der Waals surface area (Å²) in [4.78, 5) is 26.5. The van der Waals surface area contributed by atoms with Gasteiger partial charge in [0.1, 0.15) is 5.75 Å². The zero-order valence-electron chi connectivity index (χ0n) is 13.6. The van der Waals surface area contributed by atoms with Crippen molar-refractivity contribution in [3.05, 3.63) is 27.7 Å². The van der Waals surface area contributed by atoms with Crippen LogP contribution in [0, 0.1) is 11.3 Å². The van der Waals surface area contributed by atoms with E-state index in [0.29, 0.717) is 23.9 Å². The normalized spacial score (nSPS) is 18.7. The van der Waals surface area contributed by atoms with Crippen molar-refractivity contribution in [2.45, 2.75) is 33.6 Å². The highest BCUT2D eigenvalue weighted by Gasteiger charge is 2.34. The molecule has 1 fully saturated rings. The molecule has 1 unspecified atom stereocenters. The van der Waals surface area contributed by atoms with Crippen LogP contribution in [0.4, 0.5) is 0 Å². The fourth-order valence-corrected chi connectivity index (χ4v) is 3.29. The van der Waals surface area contributed by atoms with Gasteiger partial charge in [-0.05, 0) is 31.0 Å².